The maximum Gasteiger partial charge on any atom is 0.182 e. The molecule has 0 atom stereocenters. The van der Waals surface area contributed by atoms with Gasteiger partial charge in [0.25, 0.3) is 0 Å². The predicted molar refractivity (Wildman–Crippen MR) is 60.3 cm³/mol. The van der Waals surface area contributed by atoms with Gasteiger partial charge in [0.15, 0.2) is 5.78 Å². The van der Waals surface area contributed by atoms with Crippen molar-refractivity contribution in [3.05, 3.63) is 18.0 Å². The first-order chi connectivity index (χ1) is 6.38. The summed E-state index contributed by atoms with van der Waals surface area (Å²) in [6.07, 6.45) is 2.45. The Hall–Kier alpha value is -0.903. The Balaban J connectivity index is 2.52. The number of hydrogen-bond acceptors (Lipinski definition) is 2. The van der Waals surface area contributed by atoms with Crippen LogP contribution in [-0.2, 0) is 7.05 Å². The summed E-state index contributed by atoms with van der Waals surface area (Å²) < 4.78 is 1.67. The molecule has 1 rings (SSSR count). The first-order valence-electron chi connectivity index (χ1n) is 4.91. The highest BCUT2D eigenvalue weighted by Gasteiger charge is 2.16. The molecule has 0 fully saturated rings. The summed E-state index contributed by atoms with van der Waals surface area (Å²) in [5, 5.41) is 4.09. The molecular weight excluding hydrogens is 192 g/mol. The molecule has 0 saturated carbocycles. The van der Waals surface area contributed by atoms with Crippen LogP contribution in [0.5, 0.6) is 0 Å². The molecule has 1 aromatic heterocycles. The van der Waals surface area contributed by atoms with E-state index in [-0.39, 0.29) is 5.78 Å². The van der Waals surface area contributed by atoms with Crippen LogP contribution in [0.3, 0.4) is 0 Å². The number of rotatable bonds is 4. The van der Waals surface area contributed by atoms with Gasteiger partial charge >= 0.3 is 0 Å². The van der Waals surface area contributed by atoms with Crippen LogP contribution in [0.4, 0.5) is 0 Å². The molecule has 1 heterocycles. The van der Waals surface area contributed by atoms with Crippen molar-refractivity contribution in [2.24, 2.45) is 7.05 Å². The van der Waals surface area contributed by atoms with Crippen LogP contribution in [0.1, 0.15) is 16.9 Å². The van der Waals surface area contributed by atoms with E-state index >= 15 is 0 Å². The maximum absolute atomic E-state index is 11.7. The average Bonchev–Trinajstić information content (AvgIpc) is 2.46. The number of carbonyl (C=O) groups excluding carboxylic acids is 1. The molecule has 3 nitrogen and oxygen atoms in total. The van der Waals surface area contributed by atoms with Crippen LogP contribution in [0.25, 0.3) is 0 Å². The fraction of sp³-hybridized carbons (Fsp3) is 0.600. The zero-order valence-electron chi connectivity index (χ0n) is 9.37. The minimum absolute atomic E-state index is 0.174. The van der Waals surface area contributed by atoms with Gasteiger partial charge in [-0.05, 0) is 6.07 Å². The maximum atomic E-state index is 11.7. The van der Waals surface area contributed by atoms with E-state index in [0.717, 1.165) is 6.04 Å². The second-order valence-electron chi connectivity index (χ2n) is 4.86. The molecule has 0 spiro atoms. The van der Waals surface area contributed by atoms with Crippen molar-refractivity contribution < 1.29 is 4.79 Å². The average molecular weight is 210 g/mol. The van der Waals surface area contributed by atoms with Gasteiger partial charge in [0.2, 0.25) is 0 Å². The Morgan fingerprint density at radius 3 is 2.57 bits per heavy atom. The van der Waals surface area contributed by atoms with Gasteiger partial charge < -0.3 is 0 Å². The molecule has 0 aliphatic rings. The molecule has 0 N–H and O–H groups in total. The Bertz CT molecular complexity index is 325. The normalized spacial score (nSPS) is 11.7. The van der Waals surface area contributed by atoms with Crippen molar-refractivity contribution in [2.45, 2.75) is 32.1 Å². The van der Waals surface area contributed by atoms with Crippen LogP contribution < -0.4 is 0 Å². The lowest BCUT2D eigenvalue weighted by Crippen LogP contribution is -2.20. The van der Waals surface area contributed by atoms with Crippen LogP contribution in [0, 0.1) is 0 Å². The molecule has 4 heteroatoms. The van der Waals surface area contributed by atoms with E-state index in [1.54, 1.807) is 10.7 Å². The van der Waals surface area contributed by atoms with Gasteiger partial charge in [-0.1, -0.05) is 25.7 Å². The van der Waals surface area contributed by atoms with Crippen LogP contribution in [0.15, 0.2) is 12.3 Å². The van der Waals surface area contributed by atoms with Crippen molar-refractivity contribution in [1.82, 2.24) is 9.78 Å². The number of aryl methyl sites for hydroxylation is 1. The van der Waals surface area contributed by atoms with Crippen molar-refractivity contribution >= 4 is 13.9 Å². The van der Waals surface area contributed by atoms with Crippen molar-refractivity contribution in [2.75, 3.05) is 0 Å². The lowest BCUT2D eigenvalue weighted by Gasteiger charge is -2.13. The molecule has 0 aromatic carbocycles. The third-order valence-electron chi connectivity index (χ3n) is 2.10. The highest BCUT2D eigenvalue weighted by molar-refractivity contribution is 6.76. The second-order valence-corrected chi connectivity index (χ2v) is 10.5. The van der Waals surface area contributed by atoms with E-state index in [9.17, 15) is 4.79 Å². The minimum atomic E-state index is -1.10. The molecule has 0 saturated heterocycles. The topological polar surface area (TPSA) is 34.9 Å². The van der Waals surface area contributed by atoms with Gasteiger partial charge in [-0.25, -0.2) is 0 Å². The van der Waals surface area contributed by atoms with Crippen LogP contribution in [-0.4, -0.2) is 23.6 Å². The largest absolute Gasteiger partial charge is 0.292 e. The zero-order chi connectivity index (χ0) is 10.8. The predicted octanol–water partition coefficient (Wildman–Crippen LogP) is 2.33. The molecule has 0 unspecified atom stereocenters. The fourth-order valence-corrected chi connectivity index (χ4v) is 2.16. The van der Waals surface area contributed by atoms with Gasteiger partial charge in [-0.3, -0.25) is 9.48 Å². The van der Waals surface area contributed by atoms with Gasteiger partial charge in [0.05, 0.1) is 0 Å². The van der Waals surface area contributed by atoms with E-state index in [1.807, 2.05) is 13.2 Å². The Morgan fingerprint density at radius 2 is 2.14 bits per heavy atom. The summed E-state index contributed by atoms with van der Waals surface area (Å²) in [5.41, 5.74) is 0.603. The number of aromatic nitrogens is 2. The lowest BCUT2D eigenvalue weighted by atomic mass is 10.2. The summed E-state index contributed by atoms with van der Waals surface area (Å²) in [7, 11) is 0.727. The molecule has 78 valence electrons. The fourth-order valence-electron chi connectivity index (χ4n) is 1.18. The van der Waals surface area contributed by atoms with Gasteiger partial charge in [-0.2, -0.15) is 5.10 Å². The van der Waals surface area contributed by atoms with Crippen LogP contribution >= 0.6 is 0 Å². The molecule has 14 heavy (non-hydrogen) atoms. The summed E-state index contributed by atoms with van der Waals surface area (Å²) >= 11 is 0. The van der Waals surface area contributed by atoms with Gasteiger partial charge in [0.1, 0.15) is 5.69 Å². The van der Waals surface area contributed by atoms with E-state index in [0.29, 0.717) is 12.1 Å². The number of Topliss-reactive ketones (excluding diaryl/α,β-unsaturated/α-hetero) is 1. The molecule has 0 aliphatic heterocycles. The highest BCUT2D eigenvalue weighted by atomic mass is 28.3. The Kier molecular flexibility index (Phi) is 3.26. The molecule has 0 radical (unpaired) electrons. The van der Waals surface area contributed by atoms with Gasteiger partial charge in [-0.15, -0.1) is 0 Å². The van der Waals surface area contributed by atoms with Crippen molar-refractivity contribution in [3.8, 4) is 0 Å². The van der Waals surface area contributed by atoms with E-state index in [1.165, 1.54) is 0 Å². The van der Waals surface area contributed by atoms with E-state index < -0.39 is 8.07 Å². The molecule has 0 aliphatic carbocycles. The van der Waals surface area contributed by atoms with Crippen molar-refractivity contribution in [3.63, 3.8) is 0 Å². The second kappa shape index (κ2) is 4.08. The van der Waals surface area contributed by atoms with Crippen LogP contribution in [0.2, 0.25) is 25.7 Å². The molecular formula is C10H18N2OSi. The standard InChI is InChI=1S/C10H18N2OSi/c1-12-7-5-9(11-12)10(13)6-8-14(2,3)4/h5,7H,6,8H2,1-4H3. The summed E-state index contributed by atoms with van der Waals surface area (Å²) in [5.74, 6) is 0.174. The quantitative estimate of drug-likeness (QED) is 0.565. The molecule has 0 amide bonds. The summed E-state index contributed by atoms with van der Waals surface area (Å²) in [6, 6.07) is 2.83. The molecule has 0 bridgehead atoms. The third kappa shape index (κ3) is 3.45. The monoisotopic (exact) mass is 210 g/mol. The zero-order valence-corrected chi connectivity index (χ0v) is 10.4. The number of nitrogens with zero attached hydrogens (tertiary/aromatic N) is 2. The number of hydrogen-bond donors (Lipinski definition) is 0. The first kappa shape index (κ1) is 11.2. The SMILES string of the molecule is Cn1ccc(C(=O)CC[Si](C)(C)C)n1. The van der Waals surface area contributed by atoms with E-state index in [2.05, 4.69) is 24.7 Å². The third-order valence-corrected chi connectivity index (χ3v) is 3.85. The smallest absolute Gasteiger partial charge is 0.182 e. The molecule has 1 aromatic rings. The number of carbonyl (C=O) groups is 1. The number of ketones is 1. The lowest BCUT2D eigenvalue weighted by molar-refractivity contribution is 0.0982. The van der Waals surface area contributed by atoms with E-state index in [4.69, 9.17) is 0 Å². The Morgan fingerprint density at radius 1 is 1.50 bits per heavy atom. The minimum Gasteiger partial charge on any atom is -0.292 e. The summed E-state index contributed by atoms with van der Waals surface area (Å²) in [6.45, 7) is 6.83. The van der Waals surface area contributed by atoms with Crippen molar-refractivity contribution in [1.29, 1.82) is 0 Å². The first-order valence-corrected chi connectivity index (χ1v) is 8.62. The summed E-state index contributed by atoms with van der Waals surface area (Å²) in [4.78, 5) is 11.7. The Labute approximate surface area is 86.1 Å². The van der Waals surface area contributed by atoms with Gasteiger partial charge in [0, 0.05) is 27.7 Å². The highest BCUT2D eigenvalue weighted by Crippen LogP contribution is 2.13.